The van der Waals surface area contributed by atoms with Gasteiger partial charge in [-0.05, 0) is 60.2 Å². The number of halogens is 1. The summed E-state index contributed by atoms with van der Waals surface area (Å²) in [5, 5.41) is 12.6. The van der Waals surface area contributed by atoms with Crippen LogP contribution in [-0.4, -0.2) is 21.6 Å². The first kappa shape index (κ1) is 14.0. The minimum absolute atomic E-state index is 0.246. The van der Waals surface area contributed by atoms with Crippen molar-refractivity contribution in [1.82, 2.24) is 9.97 Å². The summed E-state index contributed by atoms with van der Waals surface area (Å²) in [5.41, 5.74) is 1.86. The van der Waals surface area contributed by atoms with E-state index >= 15 is 0 Å². The van der Waals surface area contributed by atoms with E-state index in [1.807, 2.05) is 19.1 Å². The molecule has 4 nitrogen and oxygen atoms in total. The van der Waals surface area contributed by atoms with E-state index in [0.29, 0.717) is 5.82 Å². The summed E-state index contributed by atoms with van der Waals surface area (Å²) in [6.07, 6.45) is 1.05. The maximum absolute atomic E-state index is 9.32. The zero-order valence-electron chi connectivity index (χ0n) is 10.9. The maximum Gasteiger partial charge on any atom is 0.161 e. The van der Waals surface area contributed by atoms with E-state index in [9.17, 15) is 5.11 Å². The molecule has 0 aliphatic rings. The van der Waals surface area contributed by atoms with E-state index in [1.54, 1.807) is 12.1 Å². The second-order valence-electron chi connectivity index (χ2n) is 4.27. The Labute approximate surface area is 126 Å². The van der Waals surface area contributed by atoms with E-state index in [-0.39, 0.29) is 5.75 Å². The van der Waals surface area contributed by atoms with Gasteiger partial charge in [-0.15, -0.1) is 0 Å². The second kappa shape index (κ2) is 6.18. The normalized spacial score (nSPS) is 10.5. The smallest absolute Gasteiger partial charge is 0.161 e. The van der Waals surface area contributed by atoms with Crippen molar-refractivity contribution >= 4 is 28.4 Å². The zero-order chi connectivity index (χ0) is 13.8. The molecule has 2 rings (SSSR count). The van der Waals surface area contributed by atoms with Gasteiger partial charge in [-0.2, -0.15) is 0 Å². The number of nitrogens with zero attached hydrogens (tertiary/aromatic N) is 2. The van der Waals surface area contributed by atoms with Crippen molar-refractivity contribution in [3.63, 3.8) is 0 Å². The molecule has 100 valence electrons. The Morgan fingerprint density at radius 2 is 1.89 bits per heavy atom. The molecule has 0 bridgehead atoms. The van der Waals surface area contributed by atoms with E-state index in [0.717, 1.165) is 33.6 Å². The third kappa shape index (κ3) is 3.34. The molecule has 0 spiro atoms. The number of aromatic nitrogens is 2. The first-order chi connectivity index (χ1) is 9.11. The van der Waals surface area contributed by atoms with E-state index < -0.39 is 0 Å². The lowest BCUT2D eigenvalue weighted by atomic mass is 10.2. The van der Waals surface area contributed by atoms with Gasteiger partial charge in [0.1, 0.15) is 11.6 Å². The number of aryl methyl sites for hydroxylation is 1. The van der Waals surface area contributed by atoms with Crippen LogP contribution >= 0.6 is 22.6 Å². The van der Waals surface area contributed by atoms with Crippen LogP contribution < -0.4 is 5.32 Å². The first-order valence-electron chi connectivity index (χ1n) is 6.19. The van der Waals surface area contributed by atoms with Gasteiger partial charge in [0.2, 0.25) is 0 Å². The maximum atomic E-state index is 9.32. The van der Waals surface area contributed by atoms with Crippen LogP contribution in [0.3, 0.4) is 0 Å². The van der Waals surface area contributed by atoms with Gasteiger partial charge < -0.3 is 10.4 Å². The van der Waals surface area contributed by atoms with Crippen LogP contribution in [0.15, 0.2) is 24.3 Å². The Morgan fingerprint density at radius 3 is 2.53 bits per heavy atom. The molecule has 0 saturated carbocycles. The Kier molecular flexibility index (Phi) is 4.57. The summed E-state index contributed by atoms with van der Waals surface area (Å²) in [4.78, 5) is 9.06. The quantitative estimate of drug-likeness (QED) is 0.809. The van der Waals surface area contributed by atoms with Crippen molar-refractivity contribution in [2.45, 2.75) is 20.3 Å². The number of rotatable bonds is 4. The summed E-state index contributed by atoms with van der Waals surface area (Å²) in [6.45, 7) is 4.99. The molecule has 0 amide bonds. The van der Waals surface area contributed by atoms with Gasteiger partial charge >= 0.3 is 0 Å². The highest BCUT2D eigenvalue weighted by Gasteiger charge is 2.10. The highest BCUT2D eigenvalue weighted by atomic mass is 127. The molecular weight excluding hydrogens is 353 g/mol. The number of hydrogen-bond donors (Lipinski definition) is 2. The molecule has 2 aromatic rings. The average Bonchev–Trinajstić information content (AvgIpc) is 2.41. The molecule has 5 heteroatoms. The molecule has 0 saturated heterocycles. The van der Waals surface area contributed by atoms with Gasteiger partial charge in [0.05, 0.1) is 9.26 Å². The second-order valence-corrected chi connectivity index (χ2v) is 5.35. The molecule has 2 N–H and O–H groups in total. The summed E-state index contributed by atoms with van der Waals surface area (Å²) in [6, 6.07) is 6.93. The SMILES string of the molecule is CCCNc1nc(-c2ccc(O)cc2)nc(C)c1I. The number of nitrogens with one attached hydrogen (secondary N) is 1. The van der Waals surface area contributed by atoms with Gasteiger partial charge in [-0.1, -0.05) is 6.92 Å². The summed E-state index contributed by atoms with van der Waals surface area (Å²) in [5.74, 6) is 1.80. The van der Waals surface area contributed by atoms with Gasteiger partial charge in [0.15, 0.2) is 5.82 Å². The van der Waals surface area contributed by atoms with Crippen molar-refractivity contribution in [3.05, 3.63) is 33.5 Å². The predicted octanol–water partition coefficient (Wildman–Crippen LogP) is 3.58. The van der Waals surface area contributed by atoms with Crippen LogP contribution in [0.1, 0.15) is 19.0 Å². The van der Waals surface area contributed by atoms with Crippen LogP contribution in [0.5, 0.6) is 5.75 Å². The average molecular weight is 369 g/mol. The lowest BCUT2D eigenvalue weighted by Crippen LogP contribution is -2.07. The number of hydrogen-bond acceptors (Lipinski definition) is 4. The minimum Gasteiger partial charge on any atom is -0.508 e. The van der Waals surface area contributed by atoms with E-state index in [4.69, 9.17) is 0 Å². The molecule has 0 fully saturated rings. The first-order valence-corrected chi connectivity index (χ1v) is 7.27. The van der Waals surface area contributed by atoms with Crippen molar-refractivity contribution in [3.8, 4) is 17.1 Å². The van der Waals surface area contributed by atoms with Crippen LogP contribution in [0.2, 0.25) is 0 Å². The van der Waals surface area contributed by atoms with Crippen LogP contribution in [0, 0.1) is 10.5 Å². The van der Waals surface area contributed by atoms with Crippen molar-refractivity contribution in [2.24, 2.45) is 0 Å². The lowest BCUT2D eigenvalue weighted by molar-refractivity contribution is 0.475. The highest BCUT2D eigenvalue weighted by Crippen LogP contribution is 2.24. The number of aromatic hydroxyl groups is 1. The molecule has 0 radical (unpaired) electrons. The summed E-state index contributed by atoms with van der Waals surface area (Å²) >= 11 is 2.26. The summed E-state index contributed by atoms with van der Waals surface area (Å²) in [7, 11) is 0. The Hall–Kier alpha value is -1.37. The summed E-state index contributed by atoms with van der Waals surface area (Å²) < 4.78 is 1.05. The fourth-order valence-electron chi connectivity index (χ4n) is 1.66. The molecule has 0 unspecified atom stereocenters. The Bertz CT molecular complexity index is 570. The molecule has 1 heterocycles. The third-order valence-corrected chi connectivity index (χ3v) is 3.98. The van der Waals surface area contributed by atoms with Crippen LogP contribution in [0.4, 0.5) is 5.82 Å². The largest absolute Gasteiger partial charge is 0.508 e. The van der Waals surface area contributed by atoms with Gasteiger partial charge in [-0.25, -0.2) is 9.97 Å². The number of anilines is 1. The number of phenolic OH excluding ortho intramolecular Hbond substituents is 1. The standard InChI is InChI=1S/C14H16IN3O/c1-3-8-16-14-12(15)9(2)17-13(18-14)10-4-6-11(19)7-5-10/h4-7,19H,3,8H2,1-2H3,(H,16,17,18). The minimum atomic E-state index is 0.246. The zero-order valence-corrected chi connectivity index (χ0v) is 13.1. The number of benzene rings is 1. The molecule has 0 aliphatic carbocycles. The fourth-order valence-corrected chi connectivity index (χ4v) is 2.09. The molecule has 0 atom stereocenters. The monoisotopic (exact) mass is 369 g/mol. The van der Waals surface area contributed by atoms with Crippen molar-refractivity contribution < 1.29 is 5.11 Å². The topological polar surface area (TPSA) is 58.0 Å². The molecule has 1 aromatic heterocycles. The predicted molar refractivity (Wildman–Crippen MR) is 85.4 cm³/mol. The van der Waals surface area contributed by atoms with Gasteiger partial charge in [0.25, 0.3) is 0 Å². The van der Waals surface area contributed by atoms with Gasteiger partial charge in [0, 0.05) is 12.1 Å². The Morgan fingerprint density at radius 1 is 1.21 bits per heavy atom. The van der Waals surface area contributed by atoms with Crippen molar-refractivity contribution in [1.29, 1.82) is 0 Å². The molecule has 1 aromatic carbocycles. The van der Waals surface area contributed by atoms with Crippen LogP contribution in [-0.2, 0) is 0 Å². The van der Waals surface area contributed by atoms with Crippen molar-refractivity contribution in [2.75, 3.05) is 11.9 Å². The molecular formula is C14H16IN3O. The van der Waals surface area contributed by atoms with Gasteiger partial charge in [-0.3, -0.25) is 0 Å². The Balaban J connectivity index is 2.40. The van der Waals surface area contributed by atoms with Crippen LogP contribution in [0.25, 0.3) is 11.4 Å². The number of phenols is 1. The lowest BCUT2D eigenvalue weighted by Gasteiger charge is -2.10. The van der Waals surface area contributed by atoms with E-state index in [1.165, 1.54) is 0 Å². The van der Waals surface area contributed by atoms with E-state index in [2.05, 4.69) is 44.8 Å². The highest BCUT2D eigenvalue weighted by molar-refractivity contribution is 14.1. The fraction of sp³-hybridized carbons (Fsp3) is 0.286. The molecule has 0 aliphatic heterocycles. The third-order valence-electron chi connectivity index (χ3n) is 2.68. The molecule has 19 heavy (non-hydrogen) atoms.